The van der Waals surface area contributed by atoms with Crippen LogP contribution in [0.2, 0.25) is 0 Å². The summed E-state index contributed by atoms with van der Waals surface area (Å²) in [6, 6.07) is 1.24. The van der Waals surface area contributed by atoms with Gasteiger partial charge in [0.2, 0.25) is 0 Å². The number of nitrogens with zero attached hydrogens (tertiary/aromatic N) is 1. The van der Waals surface area contributed by atoms with E-state index in [-0.39, 0.29) is 5.56 Å². The van der Waals surface area contributed by atoms with Gasteiger partial charge in [-0.3, -0.25) is 14.8 Å². The molecule has 2 aromatic rings. The molecule has 74 valence electrons. The quantitative estimate of drug-likeness (QED) is 0.666. The largest absolute Gasteiger partial charge is 0.325 e. The van der Waals surface area contributed by atoms with E-state index < -0.39 is 5.69 Å². The molecular formula is C8H9N3O2S. The van der Waals surface area contributed by atoms with E-state index in [1.165, 1.54) is 12.3 Å². The van der Waals surface area contributed by atoms with Crippen LogP contribution in [0.3, 0.4) is 0 Å². The van der Waals surface area contributed by atoms with Crippen molar-refractivity contribution >= 4 is 11.3 Å². The summed E-state index contributed by atoms with van der Waals surface area (Å²) in [6.07, 6.45) is 3.10. The minimum atomic E-state index is -0.475. The summed E-state index contributed by atoms with van der Waals surface area (Å²) in [4.78, 5) is 28.6. The average Bonchev–Trinajstić information content (AvgIpc) is 2.56. The van der Waals surface area contributed by atoms with Crippen LogP contribution in [-0.2, 0) is 0 Å². The molecule has 2 N–H and O–H groups in total. The lowest BCUT2D eigenvalue weighted by Crippen LogP contribution is -2.19. The fourth-order valence-electron chi connectivity index (χ4n) is 0.677. The Morgan fingerprint density at radius 3 is 2.50 bits per heavy atom. The van der Waals surface area contributed by atoms with Gasteiger partial charge in [-0.25, -0.2) is 4.79 Å². The predicted molar refractivity (Wildman–Crippen MR) is 54.5 cm³/mol. The highest BCUT2D eigenvalue weighted by Gasteiger charge is 1.78. The highest BCUT2D eigenvalue weighted by atomic mass is 32.1. The first-order valence-corrected chi connectivity index (χ1v) is 4.70. The standard InChI is InChI=1S/C4H4N2O2.C4H5NS/c7-3-1-2-5-4(8)6-3;1-4-5-2-3-6-4/h1-2H,(H2,5,6,7,8);2-3H,1H3. The summed E-state index contributed by atoms with van der Waals surface area (Å²) in [6.45, 7) is 1.99. The minimum absolute atomic E-state index is 0.381. The minimum Gasteiger partial charge on any atom is -0.314 e. The summed E-state index contributed by atoms with van der Waals surface area (Å²) in [5, 5.41) is 3.10. The van der Waals surface area contributed by atoms with Crippen molar-refractivity contribution in [2.75, 3.05) is 0 Å². The van der Waals surface area contributed by atoms with Crippen molar-refractivity contribution in [2.24, 2.45) is 0 Å². The second-order valence-corrected chi connectivity index (χ2v) is 3.45. The zero-order chi connectivity index (χ0) is 10.4. The monoisotopic (exact) mass is 211 g/mol. The van der Waals surface area contributed by atoms with Crippen molar-refractivity contribution in [3.05, 3.63) is 49.7 Å². The highest BCUT2D eigenvalue weighted by Crippen LogP contribution is 1.98. The average molecular weight is 211 g/mol. The molecule has 0 spiro atoms. The van der Waals surface area contributed by atoms with Gasteiger partial charge >= 0.3 is 5.69 Å². The number of aromatic amines is 2. The third kappa shape index (κ3) is 3.81. The Morgan fingerprint density at radius 1 is 1.43 bits per heavy atom. The molecule has 5 nitrogen and oxygen atoms in total. The maximum atomic E-state index is 10.2. The van der Waals surface area contributed by atoms with Gasteiger partial charge in [0.1, 0.15) is 0 Å². The molecule has 0 amide bonds. The van der Waals surface area contributed by atoms with Crippen molar-refractivity contribution in [1.29, 1.82) is 0 Å². The molecule has 0 unspecified atom stereocenters. The maximum absolute atomic E-state index is 10.2. The summed E-state index contributed by atoms with van der Waals surface area (Å²) < 4.78 is 0. The van der Waals surface area contributed by atoms with Gasteiger partial charge in [0.25, 0.3) is 5.56 Å². The first-order chi connectivity index (χ1) is 6.68. The van der Waals surface area contributed by atoms with Crippen LogP contribution < -0.4 is 11.2 Å². The molecule has 2 heterocycles. The van der Waals surface area contributed by atoms with E-state index in [0.717, 1.165) is 5.01 Å². The molecule has 6 heteroatoms. The number of H-pyrrole nitrogens is 2. The Bertz CT molecular complexity index is 446. The van der Waals surface area contributed by atoms with Crippen LogP contribution in [0.5, 0.6) is 0 Å². The number of hydrogen-bond donors (Lipinski definition) is 2. The number of nitrogens with one attached hydrogen (secondary N) is 2. The number of aryl methyl sites for hydroxylation is 1. The normalized spacial score (nSPS) is 8.93. The Hall–Kier alpha value is -1.69. The van der Waals surface area contributed by atoms with E-state index in [4.69, 9.17) is 0 Å². The third-order valence-corrected chi connectivity index (χ3v) is 1.95. The molecule has 2 aromatic heterocycles. The Morgan fingerprint density at radius 2 is 2.21 bits per heavy atom. The van der Waals surface area contributed by atoms with Gasteiger partial charge in [0, 0.05) is 23.8 Å². The van der Waals surface area contributed by atoms with E-state index in [2.05, 4.69) is 9.97 Å². The van der Waals surface area contributed by atoms with Gasteiger partial charge in [-0.2, -0.15) is 0 Å². The maximum Gasteiger partial charge on any atom is 0.325 e. The molecule has 2 rings (SSSR count). The summed E-state index contributed by atoms with van der Waals surface area (Å²) in [5.41, 5.74) is -0.855. The van der Waals surface area contributed by atoms with Gasteiger partial charge in [-0.1, -0.05) is 0 Å². The zero-order valence-electron chi connectivity index (χ0n) is 7.48. The van der Waals surface area contributed by atoms with Crippen LogP contribution in [0, 0.1) is 6.92 Å². The van der Waals surface area contributed by atoms with Gasteiger partial charge in [-0.15, -0.1) is 11.3 Å². The molecule has 0 aliphatic rings. The zero-order valence-corrected chi connectivity index (χ0v) is 8.30. The topological polar surface area (TPSA) is 78.6 Å². The first kappa shape index (κ1) is 10.4. The van der Waals surface area contributed by atoms with E-state index in [9.17, 15) is 9.59 Å². The van der Waals surface area contributed by atoms with Crippen molar-refractivity contribution in [3.63, 3.8) is 0 Å². The molecule has 0 aliphatic heterocycles. The van der Waals surface area contributed by atoms with Crippen LogP contribution in [0.15, 0.2) is 33.4 Å². The number of rotatable bonds is 0. The van der Waals surface area contributed by atoms with Crippen LogP contribution in [0.25, 0.3) is 0 Å². The third-order valence-electron chi connectivity index (χ3n) is 1.24. The summed E-state index contributed by atoms with van der Waals surface area (Å²) in [5.74, 6) is 0. The lowest BCUT2D eigenvalue weighted by atomic mass is 10.7. The van der Waals surface area contributed by atoms with Gasteiger partial charge < -0.3 is 4.98 Å². The van der Waals surface area contributed by atoms with E-state index >= 15 is 0 Å². The Balaban J connectivity index is 0.000000146. The van der Waals surface area contributed by atoms with Crippen LogP contribution in [-0.4, -0.2) is 15.0 Å². The SMILES string of the molecule is Cc1nccs1.O=c1cc[nH]c(=O)[nH]1. The van der Waals surface area contributed by atoms with Gasteiger partial charge in [0.05, 0.1) is 5.01 Å². The molecule has 0 bridgehead atoms. The van der Waals surface area contributed by atoms with Gasteiger partial charge in [0.15, 0.2) is 0 Å². The molecule has 0 fully saturated rings. The molecule has 0 atom stereocenters. The number of aromatic nitrogens is 3. The van der Waals surface area contributed by atoms with Crippen molar-refractivity contribution in [1.82, 2.24) is 15.0 Å². The van der Waals surface area contributed by atoms with Crippen LogP contribution in [0.1, 0.15) is 5.01 Å². The van der Waals surface area contributed by atoms with E-state index in [1.807, 2.05) is 17.3 Å². The molecule has 0 saturated heterocycles. The highest BCUT2D eigenvalue weighted by molar-refractivity contribution is 7.09. The Labute approximate surface area is 83.5 Å². The van der Waals surface area contributed by atoms with Crippen LogP contribution >= 0.6 is 11.3 Å². The van der Waals surface area contributed by atoms with Crippen molar-refractivity contribution in [3.8, 4) is 0 Å². The van der Waals surface area contributed by atoms with E-state index in [1.54, 1.807) is 17.5 Å². The first-order valence-electron chi connectivity index (χ1n) is 3.82. The smallest absolute Gasteiger partial charge is 0.314 e. The molecule has 14 heavy (non-hydrogen) atoms. The molecule has 0 aromatic carbocycles. The van der Waals surface area contributed by atoms with E-state index in [0.29, 0.717) is 0 Å². The van der Waals surface area contributed by atoms with Crippen molar-refractivity contribution < 1.29 is 0 Å². The molecule has 0 radical (unpaired) electrons. The fourth-order valence-corrected chi connectivity index (χ4v) is 1.12. The second-order valence-electron chi connectivity index (χ2n) is 2.35. The second kappa shape index (κ2) is 5.13. The number of hydrogen-bond acceptors (Lipinski definition) is 4. The van der Waals surface area contributed by atoms with Crippen LogP contribution in [0.4, 0.5) is 0 Å². The van der Waals surface area contributed by atoms with Crippen molar-refractivity contribution in [2.45, 2.75) is 6.92 Å². The van der Waals surface area contributed by atoms with Gasteiger partial charge in [-0.05, 0) is 6.92 Å². The summed E-state index contributed by atoms with van der Waals surface area (Å²) >= 11 is 1.67. The number of thiazole rings is 1. The lowest BCUT2D eigenvalue weighted by Gasteiger charge is -1.75. The summed E-state index contributed by atoms with van der Waals surface area (Å²) in [7, 11) is 0. The Kier molecular flexibility index (Phi) is 3.81. The molecular weight excluding hydrogens is 202 g/mol. The predicted octanol–water partition coefficient (Wildman–Crippen LogP) is 0.515. The lowest BCUT2D eigenvalue weighted by molar-refractivity contribution is 1.04. The fraction of sp³-hybridized carbons (Fsp3) is 0.125. The molecule has 0 aliphatic carbocycles. The molecule has 0 saturated carbocycles.